The first-order valence-corrected chi connectivity index (χ1v) is 8.82. The maximum atomic E-state index is 11.3. The van der Waals surface area contributed by atoms with Gasteiger partial charge in [0.05, 0.1) is 18.6 Å². The summed E-state index contributed by atoms with van der Waals surface area (Å²) >= 11 is 0. The summed E-state index contributed by atoms with van der Waals surface area (Å²) in [4.78, 5) is 4.29. The number of sulfone groups is 1. The topological polar surface area (TPSA) is 82.3 Å². The fourth-order valence-electron chi connectivity index (χ4n) is 1.64. The molecule has 0 aliphatic rings. The summed E-state index contributed by atoms with van der Waals surface area (Å²) in [6.45, 7) is 4.08. The van der Waals surface area contributed by atoms with Gasteiger partial charge in [-0.25, -0.2) is 8.42 Å². The number of aromatic nitrogens is 1. The largest absolute Gasteiger partial charge is 0.492 e. The Balaban J connectivity index is 2.35. The molecule has 6 heteroatoms. The fourth-order valence-corrected chi connectivity index (χ4v) is 2.49. The van der Waals surface area contributed by atoms with Crippen molar-refractivity contribution in [3.63, 3.8) is 0 Å². The Morgan fingerprint density at radius 3 is 2.65 bits per heavy atom. The normalized spacial score (nSPS) is 13.2. The summed E-state index contributed by atoms with van der Waals surface area (Å²) in [7, 11) is -2.91. The minimum atomic E-state index is -2.91. The molecule has 114 valence electrons. The van der Waals surface area contributed by atoms with Gasteiger partial charge in [-0.3, -0.25) is 4.98 Å². The van der Waals surface area contributed by atoms with Crippen LogP contribution in [0, 0.1) is 0 Å². The van der Waals surface area contributed by atoms with Crippen molar-refractivity contribution in [2.75, 3.05) is 18.1 Å². The van der Waals surface area contributed by atoms with E-state index in [1.54, 1.807) is 13.1 Å². The predicted molar refractivity (Wildman–Crippen MR) is 80.6 cm³/mol. The number of pyridine rings is 1. The number of ether oxygens (including phenoxy) is 1. The number of nitrogens with two attached hydrogens (primary N) is 1. The van der Waals surface area contributed by atoms with Gasteiger partial charge in [-0.1, -0.05) is 13.8 Å². The molecular weight excluding hydrogens is 276 g/mol. The number of rotatable bonds is 9. The van der Waals surface area contributed by atoms with Crippen LogP contribution in [-0.4, -0.2) is 37.6 Å². The molecule has 0 bridgehead atoms. The highest BCUT2D eigenvalue weighted by atomic mass is 32.2. The van der Waals surface area contributed by atoms with Crippen LogP contribution in [0.4, 0.5) is 0 Å². The van der Waals surface area contributed by atoms with Crippen LogP contribution in [0.5, 0.6) is 5.75 Å². The molecule has 1 unspecified atom stereocenters. The molecule has 0 aromatic carbocycles. The smallest absolute Gasteiger partial charge is 0.150 e. The lowest BCUT2D eigenvalue weighted by Gasteiger charge is -2.09. The first kappa shape index (κ1) is 16.9. The van der Waals surface area contributed by atoms with Crippen LogP contribution in [0.2, 0.25) is 0 Å². The predicted octanol–water partition coefficient (Wildman–Crippen LogP) is 1.56. The van der Waals surface area contributed by atoms with Crippen LogP contribution in [0.1, 0.15) is 32.4 Å². The third-order valence-electron chi connectivity index (χ3n) is 3.10. The zero-order valence-corrected chi connectivity index (χ0v) is 13.0. The van der Waals surface area contributed by atoms with Crippen molar-refractivity contribution in [3.05, 3.63) is 24.0 Å². The molecule has 0 radical (unpaired) electrons. The summed E-state index contributed by atoms with van der Waals surface area (Å²) in [6, 6.07) is 3.88. The fraction of sp³-hybridized carbons (Fsp3) is 0.643. The Bertz CT molecular complexity index is 486. The van der Waals surface area contributed by atoms with Gasteiger partial charge in [0, 0.05) is 23.9 Å². The van der Waals surface area contributed by atoms with E-state index in [1.807, 2.05) is 19.1 Å². The molecule has 1 rings (SSSR count). The first-order valence-electron chi connectivity index (χ1n) is 7.00. The molecule has 0 saturated carbocycles. The van der Waals surface area contributed by atoms with E-state index in [0.717, 1.165) is 18.5 Å². The molecule has 0 spiro atoms. The van der Waals surface area contributed by atoms with E-state index in [0.29, 0.717) is 18.8 Å². The highest BCUT2D eigenvalue weighted by molar-refractivity contribution is 7.91. The maximum absolute atomic E-state index is 11.3. The Labute approximate surface area is 121 Å². The molecule has 0 saturated heterocycles. The van der Waals surface area contributed by atoms with Crippen LogP contribution >= 0.6 is 0 Å². The minimum Gasteiger partial charge on any atom is -0.492 e. The molecular formula is C14H24N2O3S. The molecule has 1 heterocycles. The van der Waals surface area contributed by atoms with E-state index in [1.165, 1.54) is 0 Å². The van der Waals surface area contributed by atoms with Crippen LogP contribution in [0.15, 0.2) is 18.3 Å². The second-order valence-corrected chi connectivity index (χ2v) is 7.27. The van der Waals surface area contributed by atoms with E-state index in [4.69, 9.17) is 10.5 Å². The van der Waals surface area contributed by atoms with Gasteiger partial charge in [-0.2, -0.15) is 0 Å². The van der Waals surface area contributed by atoms with Gasteiger partial charge in [0.25, 0.3) is 0 Å². The lowest BCUT2D eigenvalue weighted by atomic mass is 10.1. The van der Waals surface area contributed by atoms with Crippen LogP contribution in [-0.2, 0) is 16.3 Å². The van der Waals surface area contributed by atoms with Crippen LogP contribution < -0.4 is 10.5 Å². The van der Waals surface area contributed by atoms with Crippen molar-refractivity contribution >= 4 is 9.84 Å². The zero-order valence-electron chi connectivity index (χ0n) is 12.2. The number of nitrogens with zero attached hydrogens (tertiary/aromatic N) is 1. The van der Waals surface area contributed by atoms with Crippen molar-refractivity contribution in [3.8, 4) is 5.75 Å². The monoisotopic (exact) mass is 300 g/mol. The van der Waals surface area contributed by atoms with Crippen LogP contribution in [0.25, 0.3) is 0 Å². The van der Waals surface area contributed by atoms with Gasteiger partial charge in [0.2, 0.25) is 0 Å². The summed E-state index contributed by atoms with van der Waals surface area (Å²) in [6.07, 6.45) is 3.84. The van der Waals surface area contributed by atoms with E-state index < -0.39 is 9.84 Å². The number of hydrogen-bond acceptors (Lipinski definition) is 5. The molecule has 1 aromatic rings. The van der Waals surface area contributed by atoms with E-state index in [9.17, 15) is 8.42 Å². The molecule has 5 nitrogen and oxygen atoms in total. The second-order valence-electron chi connectivity index (χ2n) is 4.80. The van der Waals surface area contributed by atoms with E-state index in [-0.39, 0.29) is 17.5 Å². The summed E-state index contributed by atoms with van der Waals surface area (Å²) in [5, 5.41) is 0. The van der Waals surface area contributed by atoms with Crippen molar-refractivity contribution in [2.24, 2.45) is 5.73 Å². The first-order chi connectivity index (χ1) is 9.46. The Hall–Kier alpha value is -1.14. The average molecular weight is 300 g/mol. The molecule has 0 amide bonds. The van der Waals surface area contributed by atoms with Crippen molar-refractivity contribution in [2.45, 2.75) is 39.2 Å². The minimum absolute atomic E-state index is 0.133. The second kappa shape index (κ2) is 8.21. The van der Waals surface area contributed by atoms with Gasteiger partial charge >= 0.3 is 0 Å². The van der Waals surface area contributed by atoms with E-state index >= 15 is 0 Å². The number of hydrogen-bond donors (Lipinski definition) is 1. The highest BCUT2D eigenvalue weighted by Crippen LogP contribution is 2.11. The van der Waals surface area contributed by atoms with Crippen molar-refractivity contribution in [1.29, 1.82) is 0 Å². The van der Waals surface area contributed by atoms with Crippen LogP contribution in [0.3, 0.4) is 0 Å². The van der Waals surface area contributed by atoms with Gasteiger partial charge < -0.3 is 10.5 Å². The Kier molecular flexibility index (Phi) is 6.95. The lowest BCUT2D eigenvalue weighted by Crippen LogP contribution is -2.21. The highest BCUT2D eigenvalue weighted by Gasteiger charge is 2.07. The molecule has 2 N–H and O–H groups in total. The van der Waals surface area contributed by atoms with Crippen molar-refractivity contribution < 1.29 is 13.2 Å². The third kappa shape index (κ3) is 6.34. The van der Waals surface area contributed by atoms with Gasteiger partial charge in [0.1, 0.15) is 15.6 Å². The Morgan fingerprint density at radius 1 is 1.35 bits per heavy atom. The summed E-state index contributed by atoms with van der Waals surface area (Å²) in [5.41, 5.74) is 6.81. The molecule has 0 aliphatic carbocycles. The molecule has 1 aromatic heterocycles. The van der Waals surface area contributed by atoms with Gasteiger partial charge in [0.15, 0.2) is 0 Å². The molecule has 20 heavy (non-hydrogen) atoms. The van der Waals surface area contributed by atoms with Crippen molar-refractivity contribution in [1.82, 2.24) is 4.98 Å². The standard InChI is InChI=1S/C14H24N2O3S/c1-3-12(15)10-13-6-7-14(11-16-13)19-8-5-9-20(17,18)4-2/h6-7,11-12H,3-5,8-10,15H2,1-2H3. The molecule has 0 aliphatic heterocycles. The lowest BCUT2D eigenvalue weighted by molar-refractivity contribution is 0.316. The maximum Gasteiger partial charge on any atom is 0.150 e. The van der Waals surface area contributed by atoms with E-state index in [2.05, 4.69) is 4.98 Å². The third-order valence-corrected chi connectivity index (χ3v) is 4.89. The summed E-state index contributed by atoms with van der Waals surface area (Å²) < 4.78 is 28.1. The SMILES string of the molecule is CCC(N)Cc1ccc(OCCCS(=O)(=O)CC)cn1. The molecule has 0 fully saturated rings. The average Bonchev–Trinajstić information content (AvgIpc) is 2.45. The quantitative estimate of drug-likeness (QED) is 0.700. The summed E-state index contributed by atoms with van der Waals surface area (Å²) in [5.74, 6) is 1.01. The Morgan fingerprint density at radius 2 is 2.10 bits per heavy atom. The molecule has 1 atom stereocenters. The zero-order chi connectivity index (χ0) is 15.0. The van der Waals surface area contributed by atoms with Gasteiger partial charge in [-0.05, 0) is 25.0 Å². The van der Waals surface area contributed by atoms with Gasteiger partial charge in [-0.15, -0.1) is 0 Å².